The van der Waals surface area contributed by atoms with E-state index in [1.54, 1.807) is 39.1 Å². The minimum absolute atomic E-state index is 0.119. The predicted octanol–water partition coefficient (Wildman–Crippen LogP) is 5.85. The van der Waals surface area contributed by atoms with E-state index in [-0.39, 0.29) is 18.9 Å². The molecule has 0 fully saturated rings. The summed E-state index contributed by atoms with van der Waals surface area (Å²) >= 11 is 1.24. The first-order valence-electron chi connectivity index (χ1n) is 13.3. The monoisotopic (exact) mass is 601 g/mol. The highest BCUT2D eigenvalue weighted by atomic mass is 32.2. The Labute approximate surface area is 252 Å². The third-order valence-corrected chi connectivity index (χ3v) is 6.90. The number of alkyl carbamates (subject to hydrolysis) is 1. The molecule has 0 radical (unpaired) electrons. The molecule has 4 aromatic rings. The molecule has 12 heteroatoms. The van der Waals surface area contributed by atoms with E-state index in [1.165, 1.54) is 24.0 Å². The number of benzene rings is 3. The number of nitro benzene ring substituents is 1. The molecule has 0 aliphatic rings. The number of nitro groups is 1. The third kappa shape index (κ3) is 9.35. The van der Waals surface area contributed by atoms with Crippen LogP contribution in [-0.4, -0.2) is 46.4 Å². The largest absolute Gasteiger partial charge is 0.444 e. The standard InChI is InChI=1S/C31H31N5O6S/c1-31(2,3)42-30(38)34-24(20-41-19-21-9-5-4-6-10-21)29(37)35-33-18-22-14-15-26(25(17-22)36(39)40)43-27-13-7-11-23-12-8-16-32-28(23)27/h4-18,24H,19-20H2,1-3H3,(H,34,38)(H,35,37)/b33-18-/t24-/m0/s1. The fourth-order valence-corrected chi connectivity index (χ4v) is 4.90. The summed E-state index contributed by atoms with van der Waals surface area (Å²) in [6, 6.07) is 22.3. The second-order valence-corrected chi connectivity index (χ2v) is 11.4. The Morgan fingerprint density at radius 3 is 2.56 bits per heavy atom. The van der Waals surface area contributed by atoms with Crippen molar-refractivity contribution in [2.45, 2.75) is 48.8 Å². The molecule has 1 heterocycles. The number of amides is 2. The summed E-state index contributed by atoms with van der Waals surface area (Å²) in [4.78, 5) is 42.3. The number of pyridine rings is 1. The van der Waals surface area contributed by atoms with Gasteiger partial charge in [-0.2, -0.15) is 5.10 Å². The zero-order valence-corrected chi connectivity index (χ0v) is 24.7. The molecular weight excluding hydrogens is 570 g/mol. The molecule has 222 valence electrons. The van der Waals surface area contributed by atoms with Crippen molar-refractivity contribution in [1.82, 2.24) is 15.7 Å². The molecule has 0 aliphatic carbocycles. The van der Waals surface area contributed by atoms with Crippen LogP contribution in [0.2, 0.25) is 0 Å². The van der Waals surface area contributed by atoms with E-state index in [9.17, 15) is 19.7 Å². The first-order valence-corrected chi connectivity index (χ1v) is 14.1. The lowest BCUT2D eigenvalue weighted by atomic mass is 10.2. The summed E-state index contributed by atoms with van der Waals surface area (Å²) in [6.07, 6.45) is 2.18. The van der Waals surface area contributed by atoms with Gasteiger partial charge in [0, 0.05) is 28.1 Å². The van der Waals surface area contributed by atoms with Gasteiger partial charge in [-0.15, -0.1) is 0 Å². The molecule has 2 N–H and O–H groups in total. The molecule has 2 amide bonds. The van der Waals surface area contributed by atoms with E-state index in [0.717, 1.165) is 21.4 Å². The Balaban J connectivity index is 1.44. The fraction of sp³-hybridized carbons (Fsp3) is 0.226. The second-order valence-electron chi connectivity index (χ2n) is 10.4. The van der Waals surface area contributed by atoms with Gasteiger partial charge in [0.25, 0.3) is 11.6 Å². The van der Waals surface area contributed by atoms with E-state index in [0.29, 0.717) is 10.5 Å². The first-order chi connectivity index (χ1) is 20.6. The normalized spacial score (nSPS) is 12.2. The Hall–Kier alpha value is -4.81. The molecule has 11 nitrogen and oxygen atoms in total. The van der Waals surface area contributed by atoms with Gasteiger partial charge in [-0.1, -0.05) is 66.4 Å². The summed E-state index contributed by atoms with van der Waals surface area (Å²) < 4.78 is 10.9. The topological polar surface area (TPSA) is 145 Å². The summed E-state index contributed by atoms with van der Waals surface area (Å²) in [7, 11) is 0. The number of nitrogens with one attached hydrogen (secondary N) is 2. The van der Waals surface area contributed by atoms with Crippen LogP contribution >= 0.6 is 11.8 Å². The Morgan fingerprint density at radius 2 is 1.81 bits per heavy atom. The molecule has 0 spiro atoms. The predicted molar refractivity (Wildman–Crippen MR) is 164 cm³/mol. The van der Waals surface area contributed by atoms with Crippen molar-refractivity contribution in [3.8, 4) is 0 Å². The van der Waals surface area contributed by atoms with Gasteiger partial charge in [-0.25, -0.2) is 10.2 Å². The smallest absolute Gasteiger partial charge is 0.408 e. The van der Waals surface area contributed by atoms with E-state index in [1.807, 2.05) is 60.7 Å². The van der Waals surface area contributed by atoms with Crippen LogP contribution in [0.1, 0.15) is 31.9 Å². The molecule has 1 atom stereocenters. The Bertz CT molecular complexity index is 1620. The number of hydrazone groups is 1. The van der Waals surface area contributed by atoms with Crippen molar-refractivity contribution < 1.29 is 24.0 Å². The van der Waals surface area contributed by atoms with Crippen molar-refractivity contribution >= 4 is 46.6 Å². The first kappa shape index (κ1) is 31.1. The lowest BCUT2D eigenvalue weighted by Crippen LogP contribution is -2.49. The third-order valence-electron chi connectivity index (χ3n) is 5.79. The summed E-state index contributed by atoms with van der Waals surface area (Å²) in [5.74, 6) is -0.652. The van der Waals surface area contributed by atoms with Gasteiger partial charge in [-0.3, -0.25) is 19.9 Å². The average molecular weight is 602 g/mol. The lowest BCUT2D eigenvalue weighted by molar-refractivity contribution is -0.387. The minimum Gasteiger partial charge on any atom is -0.444 e. The number of hydrogen-bond donors (Lipinski definition) is 2. The zero-order chi connectivity index (χ0) is 30.8. The maximum atomic E-state index is 12.9. The molecule has 3 aromatic carbocycles. The van der Waals surface area contributed by atoms with Gasteiger partial charge in [0.1, 0.15) is 11.6 Å². The van der Waals surface area contributed by atoms with Crippen molar-refractivity contribution in [1.29, 1.82) is 0 Å². The SMILES string of the molecule is CC(C)(C)OC(=O)N[C@@H](COCc1ccccc1)C(=O)N/N=C\c1ccc(Sc2cccc3cccnc23)c([N+](=O)[O-])c1. The molecule has 0 saturated carbocycles. The molecule has 43 heavy (non-hydrogen) atoms. The van der Waals surface area contributed by atoms with Crippen LogP contribution in [0.25, 0.3) is 10.9 Å². The molecule has 1 aromatic heterocycles. The minimum atomic E-state index is -1.11. The van der Waals surface area contributed by atoms with Crippen LogP contribution in [0.15, 0.2) is 100.0 Å². The summed E-state index contributed by atoms with van der Waals surface area (Å²) in [5.41, 5.74) is 3.53. The van der Waals surface area contributed by atoms with Crippen molar-refractivity contribution in [2.24, 2.45) is 5.10 Å². The fourth-order valence-electron chi connectivity index (χ4n) is 3.87. The van der Waals surface area contributed by atoms with Crippen LogP contribution < -0.4 is 10.7 Å². The molecule has 4 rings (SSSR count). The lowest BCUT2D eigenvalue weighted by Gasteiger charge is -2.22. The highest BCUT2D eigenvalue weighted by Crippen LogP contribution is 2.37. The number of carbonyl (C=O) groups is 2. The Morgan fingerprint density at radius 1 is 1.05 bits per heavy atom. The van der Waals surface area contributed by atoms with Crippen LogP contribution in [-0.2, 0) is 20.9 Å². The molecule has 0 unspecified atom stereocenters. The summed E-state index contributed by atoms with van der Waals surface area (Å²) in [6.45, 7) is 5.21. The maximum Gasteiger partial charge on any atom is 0.408 e. The number of aromatic nitrogens is 1. The molecule has 0 saturated heterocycles. The van der Waals surface area contributed by atoms with Gasteiger partial charge in [0.05, 0.1) is 34.8 Å². The van der Waals surface area contributed by atoms with E-state index >= 15 is 0 Å². The second kappa shape index (κ2) is 14.4. The van der Waals surface area contributed by atoms with E-state index < -0.39 is 28.6 Å². The van der Waals surface area contributed by atoms with Gasteiger partial charge in [-0.05, 0) is 44.5 Å². The van der Waals surface area contributed by atoms with Gasteiger partial charge in [0.2, 0.25) is 0 Å². The highest BCUT2D eigenvalue weighted by molar-refractivity contribution is 7.99. The van der Waals surface area contributed by atoms with E-state index in [4.69, 9.17) is 9.47 Å². The number of nitrogens with zero attached hydrogens (tertiary/aromatic N) is 3. The number of rotatable bonds is 11. The van der Waals surface area contributed by atoms with Crippen LogP contribution in [0.3, 0.4) is 0 Å². The zero-order valence-electron chi connectivity index (χ0n) is 23.9. The number of fused-ring (bicyclic) bond motifs is 1. The number of ether oxygens (including phenoxy) is 2. The van der Waals surface area contributed by atoms with Gasteiger partial charge >= 0.3 is 6.09 Å². The van der Waals surface area contributed by atoms with Crippen molar-refractivity contribution in [2.75, 3.05) is 6.61 Å². The van der Waals surface area contributed by atoms with Crippen LogP contribution in [0.5, 0.6) is 0 Å². The number of carbonyl (C=O) groups excluding carboxylic acids is 2. The molecule has 0 aliphatic heterocycles. The van der Waals surface area contributed by atoms with Crippen LogP contribution in [0, 0.1) is 10.1 Å². The molecular formula is C31H31N5O6S. The van der Waals surface area contributed by atoms with Crippen molar-refractivity contribution in [3.05, 3.63) is 106 Å². The maximum absolute atomic E-state index is 12.9. The summed E-state index contributed by atoms with van der Waals surface area (Å²) in [5, 5.41) is 19.3. The average Bonchev–Trinajstić information content (AvgIpc) is 2.97. The quantitative estimate of drug-likeness (QED) is 0.124. The molecule has 0 bridgehead atoms. The van der Waals surface area contributed by atoms with Crippen LogP contribution in [0.4, 0.5) is 10.5 Å². The number of hydrogen-bond acceptors (Lipinski definition) is 9. The van der Waals surface area contributed by atoms with Crippen molar-refractivity contribution in [3.63, 3.8) is 0 Å². The van der Waals surface area contributed by atoms with E-state index in [2.05, 4.69) is 20.8 Å². The number of para-hydroxylation sites is 1. The Kier molecular flexibility index (Phi) is 10.4. The van der Waals surface area contributed by atoms with Gasteiger partial charge < -0.3 is 14.8 Å². The van der Waals surface area contributed by atoms with Gasteiger partial charge in [0.15, 0.2) is 0 Å². The highest BCUT2D eigenvalue weighted by Gasteiger charge is 2.25.